The summed E-state index contributed by atoms with van der Waals surface area (Å²) >= 11 is 0. The largest absolute Gasteiger partial charge is 0.381 e. The second kappa shape index (κ2) is 5.74. The van der Waals surface area contributed by atoms with E-state index in [2.05, 4.69) is 45.1 Å². The summed E-state index contributed by atoms with van der Waals surface area (Å²) in [6, 6.07) is 6.11. The third kappa shape index (κ3) is 2.91. The van der Waals surface area contributed by atoms with Crippen LogP contribution in [0.3, 0.4) is 0 Å². The Morgan fingerprint density at radius 2 is 2.19 bits per heavy atom. The smallest absolute Gasteiger partial charge is 0.143 e. The monoisotopic (exact) mass is 283 g/mol. The molecule has 0 aliphatic rings. The molecule has 0 aliphatic carbocycles. The molecule has 3 rings (SSSR count). The zero-order valence-electron chi connectivity index (χ0n) is 12.1. The van der Waals surface area contributed by atoms with Gasteiger partial charge in [0.1, 0.15) is 6.33 Å². The van der Waals surface area contributed by atoms with Crippen LogP contribution < -0.4 is 5.32 Å². The summed E-state index contributed by atoms with van der Waals surface area (Å²) in [4.78, 5) is 0. The number of benzene rings is 1. The lowest BCUT2D eigenvalue weighted by molar-refractivity contribution is 0.659. The van der Waals surface area contributed by atoms with Gasteiger partial charge in [0.05, 0.1) is 11.9 Å². The Labute approximate surface area is 122 Å². The van der Waals surface area contributed by atoms with E-state index >= 15 is 0 Å². The number of nitrogens with one attached hydrogen (secondary N) is 1. The molecule has 21 heavy (non-hydrogen) atoms. The zero-order chi connectivity index (χ0) is 14.7. The molecule has 0 spiro atoms. The molecule has 7 heteroatoms. The first-order valence-electron chi connectivity index (χ1n) is 6.85. The topological polar surface area (TPSA) is 73.5 Å². The minimum Gasteiger partial charge on any atom is -0.381 e. The molecule has 1 aromatic carbocycles. The average molecular weight is 283 g/mol. The molecule has 0 fully saturated rings. The van der Waals surface area contributed by atoms with Crippen molar-refractivity contribution in [3.63, 3.8) is 0 Å². The summed E-state index contributed by atoms with van der Waals surface area (Å²) in [5, 5.41) is 18.9. The van der Waals surface area contributed by atoms with Gasteiger partial charge in [0.2, 0.25) is 0 Å². The van der Waals surface area contributed by atoms with Gasteiger partial charge < -0.3 is 5.32 Å². The number of tetrazole rings is 1. The number of aryl methyl sites for hydroxylation is 2. The first-order valence-corrected chi connectivity index (χ1v) is 6.85. The molecule has 2 heterocycles. The summed E-state index contributed by atoms with van der Waals surface area (Å²) in [5.41, 5.74) is 4.31. The highest BCUT2D eigenvalue weighted by Crippen LogP contribution is 2.18. The maximum atomic E-state index is 4.26. The van der Waals surface area contributed by atoms with Crippen LogP contribution in [0.4, 0.5) is 5.69 Å². The highest BCUT2D eigenvalue weighted by molar-refractivity contribution is 5.53. The number of hydrogen-bond acceptors (Lipinski definition) is 5. The lowest BCUT2D eigenvalue weighted by Crippen LogP contribution is -2.02. The fourth-order valence-electron chi connectivity index (χ4n) is 2.17. The van der Waals surface area contributed by atoms with Crippen molar-refractivity contribution in [1.82, 2.24) is 30.0 Å². The third-order valence-corrected chi connectivity index (χ3v) is 3.30. The standard InChI is InChI=1S/C14H17N7/c1-3-20-9-12(8-17-20)7-15-13-4-5-14(11(2)6-13)21-10-16-18-19-21/h4-6,8-10,15H,3,7H2,1-2H3. The Kier molecular flexibility index (Phi) is 3.63. The molecule has 0 aliphatic heterocycles. The summed E-state index contributed by atoms with van der Waals surface area (Å²) < 4.78 is 3.58. The van der Waals surface area contributed by atoms with Crippen LogP contribution in [-0.4, -0.2) is 30.0 Å². The first-order chi connectivity index (χ1) is 10.3. The van der Waals surface area contributed by atoms with Gasteiger partial charge in [-0.1, -0.05) is 0 Å². The van der Waals surface area contributed by atoms with Crippen LogP contribution >= 0.6 is 0 Å². The number of anilines is 1. The molecule has 108 valence electrons. The summed E-state index contributed by atoms with van der Waals surface area (Å²) in [6.07, 6.45) is 5.53. The number of aromatic nitrogens is 6. The Bertz CT molecular complexity index is 715. The average Bonchev–Trinajstić information content (AvgIpc) is 3.16. The van der Waals surface area contributed by atoms with Crippen LogP contribution in [0.1, 0.15) is 18.1 Å². The van der Waals surface area contributed by atoms with Crippen molar-refractivity contribution in [2.45, 2.75) is 26.9 Å². The molecule has 3 aromatic rings. The van der Waals surface area contributed by atoms with Crippen LogP contribution in [0.2, 0.25) is 0 Å². The van der Waals surface area contributed by atoms with Crippen LogP contribution in [0.25, 0.3) is 5.69 Å². The fraction of sp³-hybridized carbons (Fsp3) is 0.286. The lowest BCUT2D eigenvalue weighted by atomic mass is 10.1. The Hall–Kier alpha value is -2.70. The summed E-state index contributed by atoms with van der Waals surface area (Å²) in [6.45, 7) is 5.76. The van der Waals surface area contributed by atoms with Gasteiger partial charge in [-0.05, 0) is 48.0 Å². The predicted octanol–water partition coefficient (Wildman–Crippen LogP) is 1.80. The molecule has 0 saturated carbocycles. The Balaban J connectivity index is 1.70. The summed E-state index contributed by atoms with van der Waals surface area (Å²) in [7, 11) is 0. The second-order valence-electron chi connectivity index (χ2n) is 4.81. The van der Waals surface area contributed by atoms with Gasteiger partial charge in [-0.2, -0.15) is 5.10 Å². The van der Waals surface area contributed by atoms with Crippen molar-refractivity contribution in [2.24, 2.45) is 0 Å². The van der Waals surface area contributed by atoms with Gasteiger partial charge in [0.15, 0.2) is 0 Å². The van der Waals surface area contributed by atoms with Gasteiger partial charge in [-0.3, -0.25) is 4.68 Å². The molecule has 0 bridgehead atoms. The van der Waals surface area contributed by atoms with Gasteiger partial charge in [0.25, 0.3) is 0 Å². The van der Waals surface area contributed by atoms with Crippen molar-refractivity contribution in [3.8, 4) is 5.69 Å². The Morgan fingerprint density at radius 3 is 2.86 bits per heavy atom. The van der Waals surface area contributed by atoms with E-state index in [0.717, 1.165) is 30.0 Å². The summed E-state index contributed by atoms with van der Waals surface area (Å²) in [5.74, 6) is 0. The van der Waals surface area contributed by atoms with Gasteiger partial charge >= 0.3 is 0 Å². The number of rotatable bonds is 5. The second-order valence-corrected chi connectivity index (χ2v) is 4.81. The third-order valence-electron chi connectivity index (χ3n) is 3.30. The van der Waals surface area contributed by atoms with E-state index in [1.54, 1.807) is 11.0 Å². The van der Waals surface area contributed by atoms with Crippen molar-refractivity contribution in [2.75, 3.05) is 5.32 Å². The fourth-order valence-corrected chi connectivity index (χ4v) is 2.17. The normalized spacial score (nSPS) is 10.8. The molecular formula is C14H17N7. The molecular weight excluding hydrogens is 266 g/mol. The van der Waals surface area contributed by atoms with E-state index in [-0.39, 0.29) is 0 Å². The van der Waals surface area contributed by atoms with Crippen LogP contribution in [-0.2, 0) is 13.1 Å². The molecule has 0 radical (unpaired) electrons. The highest BCUT2D eigenvalue weighted by Gasteiger charge is 2.04. The van der Waals surface area contributed by atoms with Gasteiger partial charge in [-0.15, -0.1) is 5.10 Å². The lowest BCUT2D eigenvalue weighted by Gasteiger charge is -2.09. The molecule has 0 unspecified atom stereocenters. The molecule has 7 nitrogen and oxygen atoms in total. The van der Waals surface area contributed by atoms with E-state index in [9.17, 15) is 0 Å². The number of nitrogens with zero attached hydrogens (tertiary/aromatic N) is 6. The minimum atomic E-state index is 0.754. The highest BCUT2D eigenvalue weighted by atomic mass is 15.5. The van der Waals surface area contributed by atoms with E-state index in [0.29, 0.717) is 0 Å². The van der Waals surface area contributed by atoms with Crippen LogP contribution in [0.15, 0.2) is 36.9 Å². The van der Waals surface area contributed by atoms with Gasteiger partial charge in [-0.25, -0.2) is 4.68 Å². The van der Waals surface area contributed by atoms with Crippen LogP contribution in [0.5, 0.6) is 0 Å². The SMILES string of the molecule is CCn1cc(CNc2ccc(-n3cnnn3)c(C)c2)cn1. The molecule has 0 atom stereocenters. The van der Waals surface area contributed by atoms with Crippen molar-refractivity contribution >= 4 is 5.69 Å². The molecule has 0 amide bonds. The number of hydrogen-bond donors (Lipinski definition) is 1. The van der Waals surface area contributed by atoms with E-state index < -0.39 is 0 Å². The zero-order valence-corrected chi connectivity index (χ0v) is 12.1. The quantitative estimate of drug-likeness (QED) is 0.773. The minimum absolute atomic E-state index is 0.754. The van der Waals surface area contributed by atoms with E-state index in [1.165, 1.54) is 5.56 Å². The maximum absolute atomic E-state index is 4.26. The van der Waals surface area contributed by atoms with Crippen molar-refractivity contribution < 1.29 is 0 Å². The van der Waals surface area contributed by atoms with Crippen molar-refractivity contribution in [1.29, 1.82) is 0 Å². The van der Waals surface area contributed by atoms with E-state index in [1.807, 2.05) is 29.9 Å². The Morgan fingerprint density at radius 1 is 1.29 bits per heavy atom. The first kappa shape index (κ1) is 13.3. The molecule has 0 saturated heterocycles. The predicted molar refractivity (Wildman–Crippen MR) is 79.1 cm³/mol. The van der Waals surface area contributed by atoms with Crippen molar-refractivity contribution in [3.05, 3.63) is 48.0 Å². The molecule has 1 N–H and O–H groups in total. The maximum Gasteiger partial charge on any atom is 0.143 e. The molecule has 2 aromatic heterocycles. The van der Waals surface area contributed by atoms with E-state index in [4.69, 9.17) is 0 Å². The van der Waals surface area contributed by atoms with Crippen LogP contribution in [0, 0.1) is 6.92 Å². The van der Waals surface area contributed by atoms with Gasteiger partial charge in [0, 0.05) is 30.5 Å².